The molecule has 4 rings (SSSR count). The lowest BCUT2D eigenvalue weighted by Crippen LogP contribution is -2.42. The van der Waals surface area contributed by atoms with E-state index in [4.69, 9.17) is 9.47 Å². The van der Waals surface area contributed by atoms with Crippen molar-refractivity contribution in [3.63, 3.8) is 0 Å². The molecule has 2 aromatic rings. The van der Waals surface area contributed by atoms with Gasteiger partial charge in [-0.05, 0) is 30.2 Å². The predicted octanol–water partition coefficient (Wildman–Crippen LogP) is 2.01. The highest BCUT2D eigenvalue weighted by atomic mass is 32.2. The van der Waals surface area contributed by atoms with Crippen LogP contribution >= 0.6 is 0 Å². The Morgan fingerprint density at radius 3 is 2.54 bits per heavy atom. The van der Waals surface area contributed by atoms with Crippen LogP contribution in [0.4, 0.5) is 5.69 Å². The maximum absolute atomic E-state index is 13.4. The average Bonchev–Trinajstić information content (AvgIpc) is 3.26. The molecule has 2 aromatic carbocycles. The van der Waals surface area contributed by atoms with Gasteiger partial charge in [-0.3, -0.25) is 4.79 Å². The Hall–Kier alpha value is -2.58. The van der Waals surface area contributed by atoms with Crippen molar-refractivity contribution >= 4 is 21.6 Å². The Labute approximate surface area is 164 Å². The number of nitrogens with zero attached hydrogens (tertiary/aromatic N) is 2. The molecule has 1 spiro atoms. The molecule has 148 valence electrons. The third-order valence-corrected chi connectivity index (χ3v) is 7.58. The van der Waals surface area contributed by atoms with Crippen LogP contribution in [0.1, 0.15) is 12.0 Å². The summed E-state index contributed by atoms with van der Waals surface area (Å²) in [5.41, 5.74) is 0.883. The second kappa shape index (κ2) is 6.49. The van der Waals surface area contributed by atoms with Crippen LogP contribution in [0.25, 0.3) is 0 Å². The number of ether oxygens (including phenoxy) is 2. The number of likely N-dealkylation sites (N-methyl/N-ethyl adjacent to an activating group) is 1. The molecule has 28 heavy (non-hydrogen) atoms. The maximum Gasteiger partial charge on any atom is 0.246 e. The van der Waals surface area contributed by atoms with Crippen molar-refractivity contribution in [2.75, 3.05) is 39.3 Å². The largest absolute Gasteiger partial charge is 0.497 e. The number of hydrogen-bond donors (Lipinski definition) is 0. The highest BCUT2D eigenvalue weighted by Crippen LogP contribution is 2.48. The Morgan fingerprint density at radius 2 is 1.82 bits per heavy atom. The van der Waals surface area contributed by atoms with E-state index in [9.17, 15) is 13.2 Å². The van der Waals surface area contributed by atoms with Crippen LogP contribution in [0.3, 0.4) is 0 Å². The number of carbonyl (C=O) groups is 1. The molecule has 1 saturated heterocycles. The molecule has 0 aromatic heterocycles. The third-order valence-electron chi connectivity index (χ3n) is 5.72. The lowest BCUT2D eigenvalue weighted by Gasteiger charge is -2.24. The molecule has 0 radical (unpaired) electrons. The Kier molecular flexibility index (Phi) is 4.35. The van der Waals surface area contributed by atoms with Gasteiger partial charge >= 0.3 is 0 Å². The Bertz CT molecular complexity index is 1050. The fourth-order valence-electron chi connectivity index (χ4n) is 4.22. The second-order valence-electron chi connectivity index (χ2n) is 7.07. The van der Waals surface area contributed by atoms with Gasteiger partial charge in [-0.25, -0.2) is 8.42 Å². The summed E-state index contributed by atoms with van der Waals surface area (Å²) in [7, 11) is 0.779. The Morgan fingerprint density at radius 1 is 1.07 bits per heavy atom. The van der Waals surface area contributed by atoms with Gasteiger partial charge < -0.3 is 14.4 Å². The van der Waals surface area contributed by atoms with Crippen molar-refractivity contribution in [1.82, 2.24) is 4.31 Å². The first kappa shape index (κ1) is 18.8. The van der Waals surface area contributed by atoms with Gasteiger partial charge in [0, 0.05) is 31.9 Å². The summed E-state index contributed by atoms with van der Waals surface area (Å²) in [6, 6.07) is 12.2. The van der Waals surface area contributed by atoms with Crippen LogP contribution in [0.5, 0.6) is 11.5 Å². The van der Waals surface area contributed by atoms with Crippen molar-refractivity contribution in [1.29, 1.82) is 0 Å². The zero-order valence-electron chi connectivity index (χ0n) is 16.0. The summed E-state index contributed by atoms with van der Waals surface area (Å²) < 4.78 is 38.6. The van der Waals surface area contributed by atoms with Crippen LogP contribution in [0.2, 0.25) is 0 Å². The number of hydrogen-bond acceptors (Lipinski definition) is 5. The number of fused-ring (bicyclic) bond motifs is 2. The van der Waals surface area contributed by atoms with Crippen LogP contribution < -0.4 is 14.4 Å². The molecule has 1 unspecified atom stereocenters. The summed E-state index contributed by atoms with van der Waals surface area (Å²) in [5.74, 6) is 0.608. The first-order valence-electron chi connectivity index (χ1n) is 8.95. The molecule has 1 amide bonds. The van der Waals surface area contributed by atoms with E-state index in [2.05, 4.69) is 0 Å². The van der Waals surface area contributed by atoms with Gasteiger partial charge in [0.15, 0.2) is 0 Å². The van der Waals surface area contributed by atoms with Gasteiger partial charge in [0.25, 0.3) is 0 Å². The van der Waals surface area contributed by atoms with Crippen molar-refractivity contribution in [3.8, 4) is 11.5 Å². The Balaban J connectivity index is 1.75. The number of rotatable bonds is 4. The van der Waals surface area contributed by atoms with Crippen LogP contribution in [-0.2, 0) is 20.2 Å². The van der Waals surface area contributed by atoms with Crippen molar-refractivity contribution < 1.29 is 22.7 Å². The lowest BCUT2D eigenvalue weighted by atomic mass is 9.81. The number of benzene rings is 2. The molecule has 1 atom stereocenters. The van der Waals surface area contributed by atoms with Gasteiger partial charge in [-0.1, -0.05) is 18.2 Å². The first-order valence-corrected chi connectivity index (χ1v) is 10.4. The molecule has 7 nitrogen and oxygen atoms in total. The molecule has 0 aliphatic carbocycles. The smallest absolute Gasteiger partial charge is 0.246 e. The van der Waals surface area contributed by atoms with Gasteiger partial charge in [-0.15, -0.1) is 0 Å². The molecule has 0 bridgehead atoms. The number of anilines is 1. The minimum Gasteiger partial charge on any atom is -0.497 e. The number of amides is 1. The van der Waals surface area contributed by atoms with Crippen LogP contribution in [-0.4, -0.2) is 53.0 Å². The number of para-hydroxylation sites is 1. The highest BCUT2D eigenvalue weighted by Gasteiger charge is 2.55. The molecule has 8 heteroatoms. The fraction of sp³-hybridized carbons (Fsp3) is 0.350. The summed E-state index contributed by atoms with van der Waals surface area (Å²) in [4.78, 5) is 14.7. The van der Waals surface area contributed by atoms with Crippen molar-refractivity contribution in [2.24, 2.45) is 0 Å². The zero-order valence-corrected chi connectivity index (χ0v) is 16.8. The summed E-state index contributed by atoms with van der Waals surface area (Å²) in [6.45, 7) is 0.368. The third kappa shape index (κ3) is 2.51. The van der Waals surface area contributed by atoms with Crippen LogP contribution in [0.15, 0.2) is 47.4 Å². The minimum absolute atomic E-state index is 0.0403. The molecular formula is C20H22N2O5S. The van der Waals surface area contributed by atoms with Crippen molar-refractivity contribution in [2.45, 2.75) is 16.7 Å². The molecule has 0 N–H and O–H groups in total. The summed E-state index contributed by atoms with van der Waals surface area (Å²) >= 11 is 0. The fourth-order valence-corrected chi connectivity index (χ4v) is 5.89. The van der Waals surface area contributed by atoms with Crippen LogP contribution in [0, 0.1) is 0 Å². The normalized spacial score (nSPS) is 22.0. The maximum atomic E-state index is 13.4. The van der Waals surface area contributed by atoms with E-state index in [-0.39, 0.29) is 29.6 Å². The number of methoxy groups -OCH3 is 2. The standard InChI is InChI=1S/C20H22N2O5S/c1-21-16-7-5-4-6-15(16)20(19(21)23)10-11-22(13-20)28(24,25)18-12-14(26-2)8-9-17(18)27-3/h4-9,12H,10-11,13H2,1-3H3. The summed E-state index contributed by atoms with van der Waals surface area (Å²) in [6.07, 6.45) is 0.443. The molecule has 1 fully saturated rings. The van der Waals surface area contributed by atoms with E-state index in [0.29, 0.717) is 12.2 Å². The van der Waals surface area contributed by atoms with Gasteiger partial charge in [-0.2, -0.15) is 4.31 Å². The number of carbonyl (C=O) groups excluding carboxylic acids is 1. The molecule has 2 aliphatic heterocycles. The molecule has 2 aliphatic rings. The van der Waals surface area contributed by atoms with E-state index in [0.717, 1.165) is 11.3 Å². The van der Waals surface area contributed by atoms with E-state index < -0.39 is 15.4 Å². The quantitative estimate of drug-likeness (QED) is 0.782. The predicted molar refractivity (Wildman–Crippen MR) is 104 cm³/mol. The highest BCUT2D eigenvalue weighted by molar-refractivity contribution is 7.89. The summed E-state index contributed by atoms with van der Waals surface area (Å²) in [5, 5.41) is 0. The molecular weight excluding hydrogens is 380 g/mol. The van der Waals surface area contributed by atoms with Gasteiger partial charge in [0.05, 0.1) is 19.6 Å². The second-order valence-corrected chi connectivity index (χ2v) is 8.98. The van der Waals surface area contributed by atoms with E-state index in [1.165, 1.54) is 24.6 Å². The van der Waals surface area contributed by atoms with Gasteiger partial charge in [0.2, 0.25) is 15.9 Å². The number of sulfonamides is 1. The monoisotopic (exact) mass is 402 g/mol. The first-order chi connectivity index (χ1) is 13.3. The lowest BCUT2D eigenvalue weighted by molar-refractivity contribution is -0.122. The van der Waals surface area contributed by atoms with E-state index in [1.807, 2.05) is 24.3 Å². The molecule has 0 saturated carbocycles. The zero-order chi connectivity index (χ0) is 20.1. The van der Waals surface area contributed by atoms with Gasteiger partial charge in [0.1, 0.15) is 16.4 Å². The SMILES string of the molecule is COc1ccc(OC)c(S(=O)(=O)N2CCC3(C2)C(=O)N(C)c2ccccc23)c1. The van der Waals surface area contributed by atoms with E-state index in [1.54, 1.807) is 24.1 Å². The molecule has 2 heterocycles. The minimum atomic E-state index is -3.86. The van der Waals surface area contributed by atoms with Crippen molar-refractivity contribution in [3.05, 3.63) is 48.0 Å². The van der Waals surface area contributed by atoms with E-state index >= 15 is 0 Å². The average molecular weight is 402 g/mol. The topological polar surface area (TPSA) is 76.1 Å².